The van der Waals surface area contributed by atoms with Crippen LogP contribution in [0.15, 0.2) is 42.5 Å². The van der Waals surface area contributed by atoms with Crippen LogP contribution in [0.3, 0.4) is 0 Å². The molecule has 1 heterocycles. The molecule has 0 bridgehead atoms. The van der Waals surface area contributed by atoms with Crippen molar-refractivity contribution in [3.8, 4) is 11.3 Å². The van der Waals surface area contributed by atoms with Gasteiger partial charge in [0.15, 0.2) is 0 Å². The lowest BCUT2D eigenvalue weighted by Gasteiger charge is -2.01. The summed E-state index contributed by atoms with van der Waals surface area (Å²) in [5.41, 5.74) is 8.21. The van der Waals surface area contributed by atoms with Gasteiger partial charge in [-0.2, -0.15) is 0 Å². The van der Waals surface area contributed by atoms with Crippen LogP contribution >= 0.6 is 0 Å². The highest BCUT2D eigenvalue weighted by Crippen LogP contribution is 2.40. The molecule has 0 saturated carbocycles. The maximum absolute atomic E-state index is 3.55. The highest BCUT2D eigenvalue weighted by atomic mass is 14.7. The number of hydrogen-bond donors (Lipinski definition) is 1. The van der Waals surface area contributed by atoms with E-state index in [9.17, 15) is 0 Å². The molecule has 1 N–H and O–H groups in total. The molecular formula is C16H13N. The first-order valence-corrected chi connectivity index (χ1v) is 6.02. The Balaban J connectivity index is 2.06. The van der Waals surface area contributed by atoms with Crippen LogP contribution in [0.2, 0.25) is 0 Å². The molecule has 1 aliphatic rings. The zero-order valence-corrected chi connectivity index (χ0v) is 9.75. The lowest BCUT2D eigenvalue weighted by molar-refractivity contribution is 1.27. The van der Waals surface area contributed by atoms with E-state index in [1.807, 2.05) is 0 Å². The molecule has 1 heteroatoms. The Bertz CT molecular complexity index is 734. The Morgan fingerprint density at radius 3 is 2.88 bits per heavy atom. The third-order valence-electron chi connectivity index (χ3n) is 3.71. The minimum absolute atomic E-state index is 1.07. The maximum Gasteiger partial charge on any atom is 0.0503 e. The van der Waals surface area contributed by atoms with E-state index in [0.717, 1.165) is 6.42 Å². The van der Waals surface area contributed by atoms with Crippen LogP contribution in [-0.4, -0.2) is 4.98 Å². The SMILES string of the molecule is Cc1ccc2c(c1)Cc1c-2[nH]c2ccccc12. The lowest BCUT2D eigenvalue weighted by atomic mass is 10.1. The van der Waals surface area contributed by atoms with E-state index in [1.54, 1.807) is 0 Å². The Hall–Kier alpha value is -2.02. The minimum atomic E-state index is 1.07. The quantitative estimate of drug-likeness (QED) is 0.459. The van der Waals surface area contributed by atoms with Crippen LogP contribution in [0.1, 0.15) is 16.7 Å². The summed E-state index contributed by atoms with van der Waals surface area (Å²) in [5, 5.41) is 1.37. The van der Waals surface area contributed by atoms with Crippen LogP contribution < -0.4 is 0 Å². The van der Waals surface area contributed by atoms with Gasteiger partial charge in [-0.1, -0.05) is 42.0 Å². The molecule has 0 radical (unpaired) electrons. The number of aryl methyl sites for hydroxylation is 1. The molecule has 0 spiro atoms. The molecule has 0 fully saturated rings. The molecule has 1 nitrogen and oxygen atoms in total. The van der Waals surface area contributed by atoms with Crippen LogP contribution in [0.25, 0.3) is 22.2 Å². The summed E-state index contributed by atoms with van der Waals surface area (Å²) in [4.78, 5) is 3.55. The highest BCUT2D eigenvalue weighted by Gasteiger charge is 2.22. The van der Waals surface area contributed by atoms with Gasteiger partial charge in [0.1, 0.15) is 0 Å². The van der Waals surface area contributed by atoms with Crippen molar-refractivity contribution < 1.29 is 0 Å². The number of aromatic nitrogens is 1. The van der Waals surface area contributed by atoms with Crippen molar-refractivity contribution in [2.45, 2.75) is 13.3 Å². The van der Waals surface area contributed by atoms with Crippen molar-refractivity contribution in [1.82, 2.24) is 4.98 Å². The monoisotopic (exact) mass is 219 g/mol. The number of aromatic amines is 1. The average molecular weight is 219 g/mol. The van der Waals surface area contributed by atoms with Crippen LogP contribution in [-0.2, 0) is 6.42 Å². The molecule has 2 aromatic carbocycles. The van der Waals surface area contributed by atoms with Gasteiger partial charge >= 0.3 is 0 Å². The van der Waals surface area contributed by atoms with E-state index in [-0.39, 0.29) is 0 Å². The topological polar surface area (TPSA) is 15.8 Å². The van der Waals surface area contributed by atoms with Gasteiger partial charge < -0.3 is 4.98 Å². The average Bonchev–Trinajstić information content (AvgIpc) is 2.84. The fourth-order valence-corrected chi connectivity index (χ4v) is 2.92. The Morgan fingerprint density at radius 1 is 1.06 bits per heavy atom. The van der Waals surface area contributed by atoms with E-state index >= 15 is 0 Å². The van der Waals surface area contributed by atoms with E-state index in [0.29, 0.717) is 0 Å². The van der Waals surface area contributed by atoms with Gasteiger partial charge in [-0.3, -0.25) is 0 Å². The third kappa shape index (κ3) is 1.14. The highest BCUT2D eigenvalue weighted by molar-refractivity contribution is 5.94. The Kier molecular flexibility index (Phi) is 1.60. The van der Waals surface area contributed by atoms with Gasteiger partial charge in [-0.25, -0.2) is 0 Å². The summed E-state index contributed by atoms with van der Waals surface area (Å²) in [6.45, 7) is 2.16. The molecule has 1 aliphatic carbocycles. The standard InChI is InChI=1S/C16H13N/c1-10-6-7-12-11(8-10)9-14-13-4-2-3-5-15(13)17-16(12)14/h2-8,17H,9H2,1H3. The third-order valence-corrected chi connectivity index (χ3v) is 3.71. The zero-order valence-electron chi connectivity index (χ0n) is 9.75. The number of para-hydroxylation sites is 1. The number of benzene rings is 2. The van der Waals surface area contributed by atoms with E-state index in [4.69, 9.17) is 0 Å². The molecule has 0 aliphatic heterocycles. The van der Waals surface area contributed by atoms with E-state index in [1.165, 1.54) is 38.9 Å². The zero-order chi connectivity index (χ0) is 11.4. The molecule has 3 aromatic rings. The molecular weight excluding hydrogens is 206 g/mol. The van der Waals surface area contributed by atoms with Crippen molar-refractivity contribution in [2.24, 2.45) is 0 Å². The number of nitrogens with one attached hydrogen (secondary N) is 1. The molecule has 0 atom stereocenters. The minimum Gasteiger partial charge on any atom is -0.354 e. The van der Waals surface area contributed by atoms with Gasteiger partial charge in [0, 0.05) is 22.9 Å². The predicted molar refractivity (Wildman–Crippen MR) is 71.3 cm³/mol. The predicted octanol–water partition coefficient (Wildman–Crippen LogP) is 4.05. The van der Waals surface area contributed by atoms with Gasteiger partial charge in [0.25, 0.3) is 0 Å². The number of H-pyrrole nitrogens is 1. The van der Waals surface area contributed by atoms with Gasteiger partial charge in [-0.05, 0) is 24.1 Å². The second kappa shape index (κ2) is 3.01. The Morgan fingerprint density at radius 2 is 1.94 bits per heavy atom. The van der Waals surface area contributed by atoms with Gasteiger partial charge in [-0.15, -0.1) is 0 Å². The fraction of sp³-hybridized carbons (Fsp3) is 0.125. The first-order chi connectivity index (χ1) is 8.33. The lowest BCUT2D eigenvalue weighted by Crippen LogP contribution is -1.83. The number of fused-ring (bicyclic) bond motifs is 5. The summed E-state index contributed by atoms with van der Waals surface area (Å²) < 4.78 is 0. The second-order valence-corrected chi connectivity index (χ2v) is 4.86. The Labute approximate surface area is 100 Å². The molecule has 0 amide bonds. The van der Waals surface area contributed by atoms with Crippen LogP contribution in [0.5, 0.6) is 0 Å². The summed E-state index contributed by atoms with van der Waals surface area (Å²) in [5.74, 6) is 0. The first-order valence-electron chi connectivity index (χ1n) is 6.02. The fourth-order valence-electron chi connectivity index (χ4n) is 2.92. The number of rotatable bonds is 0. The van der Waals surface area contributed by atoms with Gasteiger partial charge in [0.2, 0.25) is 0 Å². The van der Waals surface area contributed by atoms with Crippen LogP contribution in [0.4, 0.5) is 0 Å². The second-order valence-electron chi connectivity index (χ2n) is 4.86. The summed E-state index contributed by atoms with van der Waals surface area (Å²) in [7, 11) is 0. The number of hydrogen-bond acceptors (Lipinski definition) is 0. The molecule has 82 valence electrons. The van der Waals surface area contributed by atoms with E-state index < -0.39 is 0 Å². The smallest absolute Gasteiger partial charge is 0.0503 e. The van der Waals surface area contributed by atoms with Crippen molar-refractivity contribution >= 4 is 10.9 Å². The van der Waals surface area contributed by atoms with Gasteiger partial charge in [0.05, 0.1) is 5.69 Å². The maximum atomic E-state index is 3.55. The summed E-state index contributed by atoms with van der Waals surface area (Å²) >= 11 is 0. The molecule has 0 unspecified atom stereocenters. The van der Waals surface area contributed by atoms with Crippen molar-refractivity contribution in [1.29, 1.82) is 0 Å². The largest absolute Gasteiger partial charge is 0.354 e. The normalized spacial score (nSPS) is 12.8. The summed E-state index contributed by atoms with van der Waals surface area (Å²) in [6, 6.07) is 15.3. The van der Waals surface area contributed by atoms with Crippen LogP contribution in [0, 0.1) is 6.92 Å². The molecule has 1 aromatic heterocycles. The van der Waals surface area contributed by atoms with Crippen molar-refractivity contribution in [2.75, 3.05) is 0 Å². The summed E-state index contributed by atoms with van der Waals surface area (Å²) in [6.07, 6.45) is 1.07. The van der Waals surface area contributed by atoms with Crippen molar-refractivity contribution in [3.05, 3.63) is 59.2 Å². The molecule has 0 saturated heterocycles. The molecule has 4 rings (SSSR count). The van der Waals surface area contributed by atoms with E-state index in [2.05, 4.69) is 54.4 Å². The van der Waals surface area contributed by atoms with Crippen molar-refractivity contribution in [3.63, 3.8) is 0 Å². The first kappa shape index (κ1) is 9.06. The molecule has 17 heavy (non-hydrogen) atoms.